The van der Waals surface area contributed by atoms with Gasteiger partial charge in [0.2, 0.25) is 0 Å². The van der Waals surface area contributed by atoms with Crippen LogP contribution in [-0.4, -0.2) is 0 Å². The van der Waals surface area contributed by atoms with E-state index in [2.05, 4.69) is 15.9 Å². The molecule has 7 rings (SSSR count). The zero-order valence-corrected chi connectivity index (χ0v) is 25.1. The van der Waals surface area contributed by atoms with Gasteiger partial charge in [0.25, 0.3) is 0 Å². The minimum absolute atomic E-state index is 0.150. The maximum absolute atomic E-state index is 15.7. The van der Waals surface area contributed by atoms with Crippen LogP contribution in [0.3, 0.4) is 0 Å². The van der Waals surface area contributed by atoms with E-state index < -0.39 is 17.6 Å². The van der Waals surface area contributed by atoms with E-state index in [1.54, 1.807) is 131 Å². The average molecular weight is 668 g/mol. The lowest BCUT2D eigenvalue weighted by atomic mass is 9.96. The van der Waals surface area contributed by atoms with Crippen molar-refractivity contribution in [3.63, 3.8) is 0 Å². The second-order valence-electron chi connectivity index (χ2n) is 10.4. The Bertz CT molecular complexity index is 1930. The molecule has 6 aromatic carbocycles. The molecule has 8 heteroatoms. The zero-order chi connectivity index (χ0) is 31.1. The van der Waals surface area contributed by atoms with E-state index in [0.29, 0.717) is 38.7 Å². The molecule has 45 heavy (non-hydrogen) atoms. The highest BCUT2D eigenvalue weighted by atomic mass is 79.9. The Balaban J connectivity index is 1.63. The number of alkyl halides is 3. The molecule has 0 fully saturated rings. The van der Waals surface area contributed by atoms with E-state index in [1.807, 2.05) is 0 Å². The molecule has 0 spiro atoms. The number of nitrogens with zero attached hydrogens (tertiary/aromatic N) is 2. The van der Waals surface area contributed by atoms with Gasteiger partial charge in [0.15, 0.2) is 11.5 Å². The van der Waals surface area contributed by atoms with Gasteiger partial charge in [-0.15, -0.1) is 0 Å². The van der Waals surface area contributed by atoms with Gasteiger partial charge in [0, 0.05) is 21.4 Å². The third kappa shape index (κ3) is 5.31. The molecule has 0 atom stereocenters. The highest BCUT2D eigenvalue weighted by Gasteiger charge is 2.42. The molecule has 0 aliphatic carbocycles. The predicted molar refractivity (Wildman–Crippen MR) is 174 cm³/mol. The summed E-state index contributed by atoms with van der Waals surface area (Å²) in [5.74, 6) is 0.226. The van der Waals surface area contributed by atoms with Crippen molar-refractivity contribution in [3.8, 4) is 22.6 Å². The van der Waals surface area contributed by atoms with E-state index in [1.165, 1.54) is 18.2 Å². The van der Waals surface area contributed by atoms with Crippen LogP contribution in [0.1, 0.15) is 5.56 Å². The molecule has 6 aromatic rings. The first-order chi connectivity index (χ1) is 21.8. The number of hydrogen-bond donors (Lipinski definition) is 0. The molecule has 0 amide bonds. The maximum Gasteiger partial charge on any atom is 0.420 e. The highest BCUT2D eigenvalue weighted by molar-refractivity contribution is 9.10. The normalized spacial score (nSPS) is 12.2. The molecular formula is C37H23BrF4N2O. The Hall–Kier alpha value is -5.08. The van der Waals surface area contributed by atoms with Crippen LogP contribution in [-0.2, 0) is 6.18 Å². The van der Waals surface area contributed by atoms with Crippen molar-refractivity contribution in [1.82, 2.24) is 0 Å². The molecule has 0 unspecified atom stereocenters. The first-order valence-corrected chi connectivity index (χ1v) is 14.9. The monoisotopic (exact) mass is 666 g/mol. The highest BCUT2D eigenvalue weighted by Crippen LogP contribution is 2.56. The standard InChI is InChI=1S/C37H23BrF4N2O/c38-25-19-20-29(39)28(23-25)24-21-32(43(26-11-3-1-4-12-26)27-13-5-2-6-14-27)36(37(40,41)42)33(22-24)44-30-15-7-9-17-34(30)45-35-18-10-8-16-31(35)44/h1-23H. The Morgan fingerprint density at radius 1 is 0.600 bits per heavy atom. The largest absolute Gasteiger partial charge is 0.453 e. The molecule has 1 aliphatic heterocycles. The van der Waals surface area contributed by atoms with E-state index in [-0.39, 0.29) is 22.5 Å². The molecule has 0 saturated heterocycles. The van der Waals surface area contributed by atoms with Gasteiger partial charge in [0.1, 0.15) is 11.4 Å². The van der Waals surface area contributed by atoms with Gasteiger partial charge in [-0.3, -0.25) is 0 Å². The quantitative estimate of drug-likeness (QED) is 0.170. The van der Waals surface area contributed by atoms with Crippen LogP contribution in [0.5, 0.6) is 11.5 Å². The van der Waals surface area contributed by atoms with E-state index >= 15 is 17.6 Å². The first-order valence-electron chi connectivity index (χ1n) is 14.1. The summed E-state index contributed by atoms with van der Waals surface area (Å²) in [7, 11) is 0. The number of halogens is 5. The van der Waals surface area contributed by atoms with Crippen LogP contribution < -0.4 is 14.5 Å². The van der Waals surface area contributed by atoms with Crippen molar-refractivity contribution in [2.75, 3.05) is 9.80 Å². The molecule has 0 bridgehead atoms. The van der Waals surface area contributed by atoms with Crippen molar-refractivity contribution in [1.29, 1.82) is 0 Å². The van der Waals surface area contributed by atoms with E-state index in [4.69, 9.17) is 4.74 Å². The summed E-state index contributed by atoms with van der Waals surface area (Å²) < 4.78 is 69.4. The van der Waals surface area contributed by atoms with Crippen LogP contribution in [0.4, 0.5) is 51.7 Å². The fraction of sp³-hybridized carbons (Fsp3) is 0.0270. The molecule has 3 nitrogen and oxygen atoms in total. The van der Waals surface area contributed by atoms with Gasteiger partial charge >= 0.3 is 6.18 Å². The van der Waals surface area contributed by atoms with Gasteiger partial charge < -0.3 is 14.5 Å². The van der Waals surface area contributed by atoms with Crippen molar-refractivity contribution >= 4 is 50.1 Å². The molecule has 0 radical (unpaired) electrons. The van der Waals surface area contributed by atoms with Crippen LogP contribution in [0, 0.1) is 5.82 Å². The number of hydrogen-bond acceptors (Lipinski definition) is 3. The third-order valence-electron chi connectivity index (χ3n) is 7.56. The average Bonchev–Trinajstić information content (AvgIpc) is 3.05. The van der Waals surface area contributed by atoms with Gasteiger partial charge in [0.05, 0.1) is 22.7 Å². The number of anilines is 6. The lowest BCUT2D eigenvalue weighted by Gasteiger charge is -2.37. The number of ether oxygens (including phenoxy) is 1. The van der Waals surface area contributed by atoms with Crippen LogP contribution in [0.2, 0.25) is 0 Å². The van der Waals surface area contributed by atoms with Crippen LogP contribution in [0.25, 0.3) is 11.1 Å². The van der Waals surface area contributed by atoms with Crippen LogP contribution in [0.15, 0.2) is 144 Å². The molecule has 1 aliphatic rings. The topological polar surface area (TPSA) is 15.7 Å². The molecular weight excluding hydrogens is 644 g/mol. The molecule has 0 N–H and O–H groups in total. The molecule has 1 heterocycles. The van der Waals surface area contributed by atoms with Gasteiger partial charge in [-0.1, -0.05) is 76.6 Å². The second-order valence-corrected chi connectivity index (χ2v) is 11.3. The summed E-state index contributed by atoms with van der Waals surface area (Å²) in [6.45, 7) is 0. The minimum Gasteiger partial charge on any atom is -0.453 e. The number of para-hydroxylation sites is 6. The van der Waals surface area contributed by atoms with Crippen molar-refractivity contribution in [2.45, 2.75) is 6.18 Å². The molecule has 0 aromatic heterocycles. The number of fused-ring (bicyclic) bond motifs is 2. The lowest BCUT2D eigenvalue weighted by molar-refractivity contribution is -0.136. The Kier molecular flexibility index (Phi) is 7.30. The van der Waals surface area contributed by atoms with Crippen molar-refractivity contribution in [3.05, 3.63) is 155 Å². The fourth-order valence-corrected chi connectivity index (χ4v) is 6.04. The van der Waals surface area contributed by atoms with Gasteiger partial charge in [-0.2, -0.15) is 13.2 Å². The summed E-state index contributed by atoms with van der Waals surface area (Å²) in [4.78, 5) is 3.11. The fourth-order valence-electron chi connectivity index (χ4n) is 5.67. The smallest absolute Gasteiger partial charge is 0.420 e. The lowest BCUT2D eigenvalue weighted by Crippen LogP contribution is -2.23. The summed E-state index contributed by atoms with van der Waals surface area (Å²) in [6.07, 6.45) is -4.83. The Morgan fingerprint density at radius 3 is 1.69 bits per heavy atom. The second kappa shape index (κ2) is 11.4. The van der Waals surface area contributed by atoms with E-state index in [0.717, 1.165) is 0 Å². The van der Waals surface area contributed by atoms with Crippen molar-refractivity contribution in [2.24, 2.45) is 0 Å². The Labute approximate surface area is 265 Å². The summed E-state index contributed by atoms with van der Waals surface area (Å²) >= 11 is 3.41. The number of rotatable bonds is 5. The molecule has 222 valence electrons. The van der Waals surface area contributed by atoms with Gasteiger partial charge in [-0.25, -0.2) is 4.39 Å². The summed E-state index contributed by atoms with van der Waals surface area (Å²) in [5.41, 5.74) is 1.06. The van der Waals surface area contributed by atoms with Gasteiger partial charge in [-0.05, 0) is 84.4 Å². The maximum atomic E-state index is 15.7. The SMILES string of the molecule is Fc1ccc(Br)cc1-c1cc(N(c2ccccc2)c2ccccc2)c(C(F)(F)F)c(N2c3ccccc3Oc3ccccc32)c1. The van der Waals surface area contributed by atoms with Crippen LogP contribution >= 0.6 is 15.9 Å². The first kappa shape index (κ1) is 28.7. The summed E-state index contributed by atoms with van der Waals surface area (Å²) in [5, 5.41) is 0. The summed E-state index contributed by atoms with van der Waals surface area (Å²) in [6, 6.07) is 38.8. The number of benzene rings is 6. The zero-order valence-electron chi connectivity index (χ0n) is 23.5. The predicted octanol–water partition coefficient (Wildman–Crippen LogP) is 12.3. The molecule has 0 saturated carbocycles. The van der Waals surface area contributed by atoms with E-state index in [9.17, 15) is 0 Å². The minimum atomic E-state index is -4.83. The third-order valence-corrected chi connectivity index (χ3v) is 8.06. The van der Waals surface area contributed by atoms with Crippen molar-refractivity contribution < 1.29 is 22.3 Å². The Morgan fingerprint density at radius 2 is 1.13 bits per heavy atom.